The van der Waals surface area contributed by atoms with Crippen molar-refractivity contribution >= 4 is 17.1 Å². The predicted octanol–water partition coefficient (Wildman–Crippen LogP) is 2.22. The van der Waals surface area contributed by atoms with E-state index in [1.165, 1.54) is 11.3 Å². The van der Waals surface area contributed by atoms with Crippen molar-refractivity contribution in [1.29, 1.82) is 0 Å². The summed E-state index contributed by atoms with van der Waals surface area (Å²) >= 11 is 1.41. The number of ketones is 1. The lowest BCUT2D eigenvalue weighted by molar-refractivity contribution is 0.0994. The Labute approximate surface area is 104 Å². The molecular weight excluding hydrogens is 236 g/mol. The molecule has 17 heavy (non-hydrogen) atoms. The first-order valence-electron chi connectivity index (χ1n) is 5.25. The summed E-state index contributed by atoms with van der Waals surface area (Å²) in [5.41, 5.74) is 1.86. The van der Waals surface area contributed by atoms with E-state index in [9.17, 15) is 4.79 Å². The van der Waals surface area contributed by atoms with Crippen LogP contribution in [0.2, 0.25) is 0 Å². The molecule has 0 fully saturated rings. The first-order chi connectivity index (χ1) is 8.10. The molecule has 0 amide bonds. The van der Waals surface area contributed by atoms with Gasteiger partial charge in [0.15, 0.2) is 5.78 Å². The van der Waals surface area contributed by atoms with Gasteiger partial charge in [-0.3, -0.25) is 9.48 Å². The molecule has 2 rings (SSSR count). The van der Waals surface area contributed by atoms with Crippen LogP contribution in [0.3, 0.4) is 0 Å². The molecule has 0 N–H and O–H groups in total. The Morgan fingerprint density at radius 1 is 1.53 bits per heavy atom. The molecule has 0 atom stereocenters. The smallest absolute Gasteiger partial charge is 0.178 e. The second kappa shape index (κ2) is 4.71. The Balaban J connectivity index is 2.14. The van der Waals surface area contributed by atoms with E-state index in [0.29, 0.717) is 6.42 Å². The van der Waals surface area contributed by atoms with Crippen LogP contribution in [-0.4, -0.2) is 22.7 Å². The van der Waals surface area contributed by atoms with Crippen molar-refractivity contribution in [2.45, 2.75) is 13.3 Å². The van der Waals surface area contributed by atoms with Gasteiger partial charge in [0, 0.05) is 24.2 Å². The van der Waals surface area contributed by atoms with E-state index < -0.39 is 0 Å². The Bertz CT molecular complexity index is 542. The van der Waals surface area contributed by atoms with Crippen LogP contribution in [0.5, 0.6) is 5.75 Å². The number of thiophene rings is 1. The third-order valence-corrected chi connectivity index (χ3v) is 3.48. The van der Waals surface area contributed by atoms with E-state index in [2.05, 4.69) is 5.10 Å². The van der Waals surface area contributed by atoms with Crippen LogP contribution >= 0.6 is 11.3 Å². The second-order valence-corrected chi connectivity index (χ2v) is 4.76. The lowest BCUT2D eigenvalue weighted by Crippen LogP contribution is -2.06. The fourth-order valence-corrected chi connectivity index (χ4v) is 2.45. The summed E-state index contributed by atoms with van der Waals surface area (Å²) in [6.45, 7) is 1.92. The van der Waals surface area contributed by atoms with E-state index >= 15 is 0 Å². The minimum Gasteiger partial charge on any atom is -0.496 e. The summed E-state index contributed by atoms with van der Waals surface area (Å²) in [6, 6.07) is 3.71. The zero-order valence-corrected chi connectivity index (χ0v) is 10.9. The van der Waals surface area contributed by atoms with Gasteiger partial charge in [0.1, 0.15) is 5.75 Å². The Morgan fingerprint density at radius 3 is 2.82 bits per heavy atom. The molecule has 0 aliphatic rings. The number of carbonyl (C=O) groups is 1. The fourth-order valence-electron chi connectivity index (χ4n) is 1.65. The summed E-state index contributed by atoms with van der Waals surface area (Å²) in [5.74, 6) is 0.834. The SMILES string of the molecule is COc1csc(C(=O)Cc2cc(C)nn2C)c1. The van der Waals surface area contributed by atoms with Crippen molar-refractivity contribution < 1.29 is 9.53 Å². The highest BCUT2D eigenvalue weighted by atomic mass is 32.1. The highest BCUT2D eigenvalue weighted by Crippen LogP contribution is 2.22. The molecule has 4 nitrogen and oxygen atoms in total. The number of aromatic nitrogens is 2. The summed E-state index contributed by atoms with van der Waals surface area (Å²) in [6.07, 6.45) is 0.376. The molecule has 0 aliphatic heterocycles. The number of carbonyl (C=O) groups excluding carboxylic acids is 1. The van der Waals surface area contributed by atoms with Gasteiger partial charge in [-0.05, 0) is 13.0 Å². The van der Waals surface area contributed by atoms with Gasteiger partial charge in [-0.2, -0.15) is 5.10 Å². The van der Waals surface area contributed by atoms with Crippen molar-refractivity contribution in [1.82, 2.24) is 9.78 Å². The fraction of sp³-hybridized carbons (Fsp3) is 0.333. The average molecular weight is 250 g/mol. The summed E-state index contributed by atoms with van der Waals surface area (Å²) in [4.78, 5) is 12.7. The van der Waals surface area contributed by atoms with E-state index in [0.717, 1.165) is 22.0 Å². The number of rotatable bonds is 4. The van der Waals surface area contributed by atoms with E-state index in [-0.39, 0.29) is 5.78 Å². The van der Waals surface area contributed by atoms with Gasteiger partial charge in [-0.15, -0.1) is 11.3 Å². The summed E-state index contributed by atoms with van der Waals surface area (Å²) in [5, 5.41) is 6.06. The van der Waals surface area contributed by atoms with Gasteiger partial charge in [-0.25, -0.2) is 0 Å². The third kappa shape index (κ3) is 2.55. The minimum atomic E-state index is 0.0984. The van der Waals surface area contributed by atoms with Crippen LogP contribution in [0.4, 0.5) is 0 Å². The van der Waals surface area contributed by atoms with Gasteiger partial charge < -0.3 is 4.74 Å². The van der Waals surface area contributed by atoms with E-state index in [1.54, 1.807) is 17.9 Å². The van der Waals surface area contributed by atoms with Crippen LogP contribution in [0.15, 0.2) is 17.5 Å². The molecule has 0 saturated carbocycles. The van der Waals surface area contributed by atoms with Gasteiger partial charge >= 0.3 is 0 Å². The Morgan fingerprint density at radius 2 is 2.29 bits per heavy atom. The number of Topliss-reactive ketones (excluding diaryl/α,β-unsaturated/α-hetero) is 1. The molecule has 0 saturated heterocycles. The quantitative estimate of drug-likeness (QED) is 0.782. The number of hydrogen-bond acceptors (Lipinski definition) is 4. The zero-order valence-electron chi connectivity index (χ0n) is 10.1. The molecule has 0 spiro atoms. The Hall–Kier alpha value is -1.62. The molecule has 2 heterocycles. The number of ether oxygens (including phenoxy) is 1. The predicted molar refractivity (Wildman–Crippen MR) is 66.9 cm³/mol. The second-order valence-electron chi connectivity index (χ2n) is 3.85. The first-order valence-corrected chi connectivity index (χ1v) is 6.13. The molecule has 0 radical (unpaired) electrons. The molecule has 0 aliphatic carbocycles. The van der Waals surface area contributed by atoms with Crippen molar-refractivity contribution in [2.24, 2.45) is 7.05 Å². The third-order valence-electron chi connectivity index (χ3n) is 2.53. The van der Waals surface area contributed by atoms with Crippen LogP contribution < -0.4 is 4.74 Å². The van der Waals surface area contributed by atoms with Gasteiger partial charge in [0.25, 0.3) is 0 Å². The molecule has 90 valence electrons. The average Bonchev–Trinajstić information content (AvgIpc) is 2.86. The number of methoxy groups -OCH3 is 1. The largest absolute Gasteiger partial charge is 0.496 e. The molecule has 2 aromatic rings. The minimum absolute atomic E-state index is 0.0984. The lowest BCUT2D eigenvalue weighted by Gasteiger charge is -1.99. The van der Waals surface area contributed by atoms with Gasteiger partial charge in [-0.1, -0.05) is 0 Å². The van der Waals surface area contributed by atoms with Crippen LogP contribution in [0.1, 0.15) is 21.1 Å². The normalized spacial score (nSPS) is 10.5. The highest BCUT2D eigenvalue weighted by Gasteiger charge is 2.13. The molecule has 0 bridgehead atoms. The maximum atomic E-state index is 12.0. The first kappa shape index (κ1) is 11.9. The molecular formula is C12H14N2O2S. The van der Waals surface area contributed by atoms with Crippen molar-refractivity contribution in [2.75, 3.05) is 7.11 Å². The van der Waals surface area contributed by atoms with Crippen LogP contribution in [-0.2, 0) is 13.5 Å². The van der Waals surface area contributed by atoms with Crippen molar-refractivity contribution in [3.8, 4) is 5.75 Å². The summed E-state index contributed by atoms with van der Waals surface area (Å²) in [7, 11) is 3.45. The molecule has 0 aromatic carbocycles. The van der Waals surface area contributed by atoms with Crippen LogP contribution in [0, 0.1) is 6.92 Å². The van der Waals surface area contributed by atoms with Crippen molar-refractivity contribution in [3.63, 3.8) is 0 Å². The lowest BCUT2D eigenvalue weighted by atomic mass is 10.2. The maximum absolute atomic E-state index is 12.0. The molecule has 5 heteroatoms. The molecule has 2 aromatic heterocycles. The van der Waals surface area contributed by atoms with Gasteiger partial charge in [0.05, 0.1) is 24.1 Å². The maximum Gasteiger partial charge on any atom is 0.178 e. The topological polar surface area (TPSA) is 44.1 Å². The number of nitrogens with zero attached hydrogens (tertiary/aromatic N) is 2. The summed E-state index contributed by atoms with van der Waals surface area (Å²) < 4.78 is 6.81. The van der Waals surface area contributed by atoms with E-state index in [1.807, 2.05) is 25.4 Å². The monoisotopic (exact) mass is 250 g/mol. The highest BCUT2D eigenvalue weighted by molar-refractivity contribution is 7.12. The Kier molecular flexibility index (Phi) is 3.28. The molecule has 0 unspecified atom stereocenters. The zero-order chi connectivity index (χ0) is 12.4. The van der Waals surface area contributed by atoms with Crippen LogP contribution in [0.25, 0.3) is 0 Å². The number of hydrogen-bond donors (Lipinski definition) is 0. The number of aryl methyl sites for hydroxylation is 2. The standard InChI is InChI=1S/C12H14N2O2S/c1-8-4-9(14(2)13-8)5-11(15)12-6-10(16-3)7-17-12/h4,6-7H,5H2,1-3H3. The van der Waals surface area contributed by atoms with Crippen molar-refractivity contribution in [3.05, 3.63) is 33.8 Å². The van der Waals surface area contributed by atoms with E-state index in [4.69, 9.17) is 4.74 Å². The van der Waals surface area contributed by atoms with Gasteiger partial charge in [0.2, 0.25) is 0 Å².